The molecule has 0 aromatic heterocycles. The van der Waals surface area contributed by atoms with Crippen LogP contribution in [-0.4, -0.2) is 44.5 Å². The van der Waals surface area contributed by atoms with Gasteiger partial charge in [-0.15, -0.1) is 0 Å². The van der Waals surface area contributed by atoms with Gasteiger partial charge in [0.1, 0.15) is 19.0 Å². The molecule has 0 amide bonds. The topological polar surface area (TPSA) is 97.4 Å². The Morgan fingerprint density at radius 1 is 0.882 bits per heavy atom. The van der Waals surface area contributed by atoms with Crippen LogP contribution in [0.1, 0.15) is 6.92 Å². The lowest BCUT2D eigenvalue weighted by Crippen LogP contribution is -2.16. The second-order valence-electron chi connectivity index (χ2n) is 6.62. The lowest BCUT2D eigenvalue weighted by molar-refractivity contribution is -0.139. The van der Waals surface area contributed by atoms with Gasteiger partial charge in [0.2, 0.25) is 5.82 Å². The first-order chi connectivity index (χ1) is 16.2. The monoisotopic (exact) mass is 476 g/mol. The molecule has 0 unspecified atom stereocenters. The van der Waals surface area contributed by atoms with Crippen molar-refractivity contribution in [2.24, 2.45) is 0 Å². The maximum Gasteiger partial charge on any atom is 0.513 e. The van der Waals surface area contributed by atoms with E-state index in [-0.39, 0.29) is 43.3 Å². The Kier molecular flexibility index (Phi) is 9.90. The van der Waals surface area contributed by atoms with E-state index >= 15 is 0 Å². The van der Waals surface area contributed by atoms with Gasteiger partial charge in [-0.2, -0.15) is 4.39 Å². The van der Waals surface area contributed by atoms with Crippen LogP contribution in [0.25, 0.3) is 11.1 Å². The summed E-state index contributed by atoms with van der Waals surface area (Å²) in [5.74, 6) is -4.42. The van der Waals surface area contributed by atoms with Crippen molar-refractivity contribution in [2.45, 2.75) is 6.92 Å². The average molecular weight is 476 g/mol. The van der Waals surface area contributed by atoms with E-state index in [0.29, 0.717) is 5.56 Å². The molecular weight excluding hydrogens is 454 g/mol. The second kappa shape index (κ2) is 12.9. The predicted molar refractivity (Wildman–Crippen MR) is 116 cm³/mol. The van der Waals surface area contributed by atoms with Crippen molar-refractivity contribution in [1.82, 2.24) is 0 Å². The molecule has 0 fully saturated rings. The van der Waals surface area contributed by atoms with E-state index in [4.69, 9.17) is 23.7 Å². The van der Waals surface area contributed by atoms with Gasteiger partial charge in [-0.25, -0.2) is 18.8 Å². The molecule has 34 heavy (non-hydrogen) atoms. The summed E-state index contributed by atoms with van der Waals surface area (Å²) in [6.07, 6.45) is 0.0379. The molecule has 2 aromatic rings. The van der Waals surface area contributed by atoms with Gasteiger partial charge in [0.25, 0.3) is 0 Å². The highest BCUT2D eigenvalue weighted by molar-refractivity contribution is 5.89. The van der Waals surface area contributed by atoms with Crippen LogP contribution in [0.4, 0.5) is 13.6 Å². The zero-order valence-corrected chi connectivity index (χ0v) is 18.3. The number of carbonyl (C=O) groups excluding carboxylic acids is 3. The van der Waals surface area contributed by atoms with Crippen LogP contribution >= 0.6 is 0 Å². The summed E-state index contributed by atoms with van der Waals surface area (Å²) in [6.45, 7) is 8.12. The SMILES string of the molecule is C=CC(=O)OCCOCCOC(=O)Oc1ccc(-c2ccc(OC(=O)C(=C)C)c(F)c2F)cc1. The van der Waals surface area contributed by atoms with Crippen molar-refractivity contribution in [3.8, 4) is 22.6 Å². The van der Waals surface area contributed by atoms with Gasteiger partial charge in [0.05, 0.1) is 13.2 Å². The third-order valence-electron chi connectivity index (χ3n) is 4.05. The summed E-state index contributed by atoms with van der Waals surface area (Å²) >= 11 is 0. The highest BCUT2D eigenvalue weighted by atomic mass is 19.2. The van der Waals surface area contributed by atoms with E-state index in [1.807, 2.05) is 0 Å². The Morgan fingerprint density at radius 2 is 1.53 bits per heavy atom. The summed E-state index contributed by atoms with van der Waals surface area (Å²) in [7, 11) is 0. The van der Waals surface area contributed by atoms with E-state index < -0.39 is 35.5 Å². The van der Waals surface area contributed by atoms with Crippen LogP contribution in [0.5, 0.6) is 11.5 Å². The number of benzene rings is 2. The van der Waals surface area contributed by atoms with Crippen LogP contribution in [-0.2, 0) is 23.8 Å². The highest BCUT2D eigenvalue weighted by Crippen LogP contribution is 2.31. The molecule has 0 aliphatic rings. The fraction of sp³-hybridized carbons (Fsp3) is 0.208. The summed E-state index contributed by atoms with van der Waals surface area (Å²) in [6, 6.07) is 7.94. The molecule has 0 heterocycles. The van der Waals surface area contributed by atoms with Crippen LogP contribution in [0.15, 0.2) is 61.2 Å². The minimum atomic E-state index is -1.32. The molecule has 0 aliphatic carbocycles. The molecule has 0 N–H and O–H groups in total. The van der Waals surface area contributed by atoms with E-state index in [2.05, 4.69) is 13.2 Å². The molecule has 10 heteroatoms. The number of hydrogen-bond donors (Lipinski definition) is 0. The van der Waals surface area contributed by atoms with Gasteiger partial charge in [-0.3, -0.25) is 0 Å². The lowest BCUT2D eigenvalue weighted by atomic mass is 10.0. The zero-order valence-electron chi connectivity index (χ0n) is 18.3. The van der Waals surface area contributed by atoms with Crippen molar-refractivity contribution in [3.63, 3.8) is 0 Å². The number of carbonyl (C=O) groups is 3. The fourth-order valence-corrected chi connectivity index (χ4v) is 2.39. The summed E-state index contributed by atoms with van der Waals surface area (Å²) in [5, 5.41) is 0. The molecule has 180 valence electrons. The van der Waals surface area contributed by atoms with Crippen molar-refractivity contribution in [3.05, 3.63) is 72.8 Å². The normalized spacial score (nSPS) is 10.2. The Bertz CT molecular complexity index is 1060. The zero-order chi connectivity index (χ0) is 25.1. The van der Waals surface area contributed by atoms with Gasteiger partial charge in [0.15, 0.2) is 11.6 Å². The Morgan fingerprint density at radius 3 is 2.15 bits per heavy atom. The largest absolute Gasteiger partial charge is 0.513 e. The van der Waals surface area contributed by atoms with Crippen LogP contribution in [0, 0.1) is 11.6 Å². The average Bonchev–Trinajstić information content (AvgIpc) is 2.81. The molecule has 0 radical (unpaired) electrons. The van der Waals surface area contributed by atoms with Gasteiger partial charge in [0, 0.05) is 17.2 Å². The summed E-state index contributed by atoms with van der Waals surface area (Å²) < 4.78 is 53.2. The molecule has 0 spiro atoms. The number of rotatable bonds is 11. The van der Waals surface area contributed by atoms with Gasteiger partial charge in [-0.05, 0) is 36.8 Å². The minimum Gasteiger partial charge on any atom is -0.460 e. The number of ether oxygens (including phenoxy) is 5. The standard InChI is InChI=1S/C24H22F2O8/c1-4-20(27)31-13-11-30-12-14-32-24(29)33-17-7-5-16(6-8-17)18-9-10-19(22(26)21(18)25)34-23(28)15(2)3/h4-10H,1-2,11-14H2,3H3. The first kappa shape index (κ1) is 26.2. The summed E-state index contributed by atoms with van der Waals surface area (Å²) in [5.41, 5.74) is 0.246. The molecule has 0 saturated heterocycles. The molecule has 0 saturated carbocycles. The van der Waals surface area contributed by atoms with Crippen molar-refractivity contribution in [1.29, 1.82) is 0 Å². The molecule has 0 atom stereocenters. The predicted octanol–water partition coefficient (Wildman–Crippen LogP) is 4.37. The third kappa shape index (κ3) is 7.82. The Balaban J connectivity index is 1.85. The van der Waals surface area contributed by atoms with E-state index in [1.165, 1.54) is 37.3 Å². The first-order valence-electron chi connectivity index (χ1n) is 9.90. The van der Waals surface area contributed by atoms with Gasteiger partial charge < -0.3 is 23.7 Å². The smallest absolute Gasteiger partial charge is 0.460 e. The molecule has 0 bridgehead atoms. The van der Waals surface area contributed by atoms with E-state index in [9.17, 15) is 23.2 Å². The lowest BCUT2D eigenvalue weighted by Gasteiger charge is -2.10. The van der Waals surface area contributed by atoms with E-state index in [1.54, 1.807) is 0 Å². The second-order valence-corrected chi connectivity index (χ2v) is 6.62. The molecular formula is C24H22F2O8. The quantitative estimate of drug-likeness (QED) is 0.155. The van der Waals surface area contributed by atoms with E-state index in [0.717, 1.165) is 12.1 Å². The van der Waals surface area contributed by atoms with Crippen LogP contribution in [0.3, 0.4) is 0 Å². The molecule has 2 aromatic carbocycles. The van der Waals surface area contributed by atoms with Crippen LogP contribution in [0.2, 0.25) is 0 Å². The maximum atomic E-state index is 14.5. The third-order valence-corrected chi connectivity index (χ3v) is 4.05. The van der Waals surface area contributed by atoms with Gasteiger partial charge >= 0.3 is 18.1 Å². The maximum absolute atomic E-state index is 14.5. The first-order valence-corrected chi connectivity index (χ1v) is 9.90. The van der Waals surface area contributed by atoms with Crippen molar-refractivity contribution in [2.75, 3.05) is 26.4 Å². The molecule has 2 rings (SSSR count). The molecule has 0 aliphatic heterocycles. The number of halogens is 2. The number of esters is 2. The fourth-order valence-electron chi connectivity index (χ4n) is 2.39. The minimum absolute atomic E-state index is 0.0362. The Labute approximate surface area is 194 Å². The Hall–Kier alpha value is -4.05. The van der Waals surface area contributed by atoms with Gasteiger partial charge in [-0.1, -0.05) is 25.3 Å². The van der Waals surface area contributed by atoms with Crippen LogP contribution < -0.4 is 9.47 Å². The summed E-state index contributed by atoms with van der Waals surface area (Å²) in [4.78, 5) is 34.1. The number of hydrogen-bond acceptors (Lipinski definition) is 8. The van der Waals surface area contributed by atoms with Crippen molar-refractivity contribution >= 4 is 18.1 Å². The highest BCUT2D eigenvalue weighted by Gasteiger charge is 2.18. The van der Waals surface area contributed by atoms with Crippen molar-refractivity contribution < 1.29 is 46.8 Å². The molecule has 8 nitrogen and oxygen atoms in total.